The topological polar surface area (TPSA) is 41.1 Å². The lowest BCUT2D eigenvalue weighted by molar-refractivity contribution is 0.0887. The van der Waals surface area contributed by atoms with Crippen molar-refractivity contribution in [1.82, 2.24) is 10.6 Å². The van der Waals surface area contributed by atoms with Crippen LogP contribution in [-0.4, -0.2) is 24.5 Å². The Labute approximate surface area is 107 Å². The van der Waals surface area contributed by atoms with Gasteiger partial charge < -0.3 is 10.6 Å². The molecule has 1 aliphatic heterocycles. The summed E-state index contributed by atoms with van der Waals surface area (Å²) in [5, 5.41) is 6.34. The van der Waals surface area contributed by atoms with E-state index in [0.717, 1.165) is 25.9 Å². The quantitative estimate of drug-likeness (QED) is 0.843. The number of nitrogens with one attached hydrogen (secondary N) is 2. The number of benzene rings is 1. The molecule has 1 heterocycles. The molecule has 18 heavy (non-hydrogen) atoms. The van der Waals surface area contributed by atoms with Crippen molar-refractivity contribution in [3.8, 4) is 0 Å². The molecule has 1 aliphatic rings. The molecule has 4 heteroatoms. The summed E-state index contributed by atoms with van der Waals surface area (Å²) in [4.78, 5) is 12.2. The van der Waals surface area contributed by atoms with Gasteiger partial charge >= 0.3 is 0 Å². The number of carbonyl (C=O) groups is 1. The Morgan fingerprint density at radius 1 is 1.39 bits per heavy atom. The number of carbonyl (C=O) groups excluding carboxylic acids is 1. The van der Waals surface area contributed by atoms with E-state index in [-0.39, 0.29) is 17.3 Å². The van der Waals surface area contributed by atoms with Gasteiger partial charge in [0.05, 0.1) is 0 Å². The van der Waals surface area contributed by atoms with Crippen molar-refractivity contribution in [2.75, 3.05) is 13.1 Å². The number of hydrogen-bond acceptors (Lipinski definition) is 2. The highest BCUT2D eigenvalue weighted by Crippen LogP contribution is 2.19. The van der Waals surface area contributed by atoms with Crippen molar-refractivity contribution in [1.29, 1.82) is 0 Å². The fourth-order valence-corrected chi connectivity index (χ4v) is 2.33. The molecular formula is C14H19FN2O. The summed E-state index contributed by atoms with van der Waals surface area (Å²) >= 11 is 0. The van der Waals surface area contributed by atoms with Crippen LogP contribution in [-0.2, 0) is 0 Å². The van der Waals surface area contributed by atoms with Crippen molar-refractivity contribution in [2.45, 2.75) is 32.2 Å². The van der Waals surface area contributed by atoms with Crippen LogP contribution in [0.25, 0.3) is 0 Å². The number of hydrogen-bond donors (Lipinski definition) is 2. The molecule has 1 saturated heterocycles. The molecule has 0 unspecified atom stereocenters. The van der Waals surface area contributed by atoms with Crippen LogP contribution in [0.2, 0.25) is 0 Å². The first-order valence-electron chi connectivity index (χ1n) is 6.30. The van der Waals surface area contributed by atoms with Crippen molar-refractivity contribution in [2.24, 2.45) is 0 Å². The van der Waals surface area contributed by atoms with Gasteiger partial charge in [-0.25, -0.2) is 4.39 Å². The zero-order valence-electron chi connectivity index (χ0n) is 10.8. The minimum absolute atomic E-state index is 0.114. The van der Waals surface area contributed by atoms with E-state index in [1.54, 1.807) is 13.0 Å². The second-order valence-electron chi connectivity index (χ2n) is 5.22. The number of rotatable bonds is 2. The third-order valence-electron chi connectivity index (χ3n) is 3.56. The largest absolute Gasteiger partial charge is 0.347 e. The average molecular weight is 250 g/mol. The molecule has 1 aromatic rings. The van der Waals surface area contributed by atoms with Gasteiger partial charge in [0.25, 0.3) is 5.91 Å². The van der Waals surface area contributed by atoms with E-state index in [1.165, 1.54) is 12.1 Å². The first kappa shape index (κ1) is 13.0. The number of piperidine rings is 1. The lowest BCUT2D eigenvalue weighted by atomic mass is 9.90. The van der Waals surface area contributed by atoms with E-state index in [1.807, 2.05) is 0 Å². The first-order chi connectivity index (χ1) is 8.50. The summed E-state index contributed by atoms with van der Waals surface area (Å²) in [6, 6.07) is 4.26. The van der Waals surface area contributed by atoms with Gasteiger partial charge in [-0.1, -0.05) is 0 Å². The van der Waals surface area contributed by atoms with Crippen molar-refractivity contribution in [3.63, 3.8) is 0 Å². The Morgan fingerprint density at radius 3 is 2.67 bits per heavy atom. The molecule has 2 rings (SSSR count). The zero-order chi connectivity index (χ0) is 13.2. The molecule has 0 saturated carbocycles. The maximum absolute atomic E-state index is 13.0. The third-order valence-corrected chi connectivity index (χ3v) is 3.56. The molecule has 0 aliphatic carbocycles. The molecular weight excluding hydrogens is 231 g/mol. The summed E-state index contributed by atoms with van der Waals surface area (Å²) in [6.45, 7) is 5.64. The van der Waals surface area contributed by atoms with Gasteiger partial charge in [-0.3, -0.25) is 4.79 Å². The van der Waals surface area contributed by atoms with Crippen molar-refractivity contribution >= 4 is 5.91 Å². The van der Waals surface area contributed by atoms with E-state index in [4.69, 9.17) is 0 Å². The molecule has 0 atom stereocenters. The second-order valence-corrected chi connectivity index (χ2v) is 5.22. The van der Waals surface area contributed by atoms with Gasteiger partial charge in [-0.05, 0) is 63.5 Å². The van der Waals surface area contributed by atoms with E-state index < -0.39 is 0 Å². The highest BCUT2D eigenvalue weighted by Gasteiger charge is 2.28. The maximum atomic E-state index is 13.0. The van der Waals surface area contributed by atoms with Crippen molar-refractivity contribution < 1.29 is 9.18 Å². The predicted molar refractivity (Wildman–Crippen MR) is 69.1 cm³/mol. The average Bonchev–Trinajstić information content (AvgIpc) is 2.28. The minimum Gasteiger partial charge on any atom is -0.347 e. The predicted octanol–water partition coefficient (Wildman–Crippen LogP) is 2.01. The monoisotopic (exact) mass is 250 g/mol. The zero-order valence-corrected chi connectivity index (χ0v) is 10.8. The Balaban J connectivity index is 2.11. The van der Waals surface area contributed by atoms with Gasteiger partial charge in [-0.15, -0.1) is 0 Å². The molecule has 0 spiro atoms. The number of amides is 1. The Morgan fingerprint density at radius 2 is 2.06 bits per heavy atom. The van der Waals surface area contributed by atoms with Crippen LogP contribution in [0.1, 0.15) is 35.7 Å². The highest BCUT2D eigenvalue weighted by atomic mass is 19.1. The van der Waals surface area contributed by atoms with Gasteiger partial charge in [-0.2, -0.15) is 0 Å². The van der Waals surface area contributed by atoms with Gasteiger partial charge in [0.2, 0.25) is 0 Å². The SMILES string of the molecule is Cc1cc(F)ccc1C(=O)NC1(C)CCNCC1. The second kappa shape index (κ2) is 5.06. The molecule has 1 fully saturated rings. The normalized spacial score (nSPS) is 18.4. The van der Waals surface area contributed by atoms with Crippen LogP contribution in [0.3, 0.4) is 0 Å². The van der Waals surface area contributed by atoms with Gasteiger partial charge in [0.15, 0.2) is 0 Å². The lowest BCUT2D eigenvalue weighted by Crippen LogP contribution is -2.52. The molecule has 1 aromatic carbocycles. The van der Waals surface area contributed by atoms with E-state index in [9.17, 15) is 9.18 Å². The van der Waals surface area contributed by atoms with Crippen molar-refractivity contribution in [3.05, 3.63) is 35.1 Å². The summed E-state index contributed by atoms with van der Waals surface area (Å²) in [6.07, 6.45) is 1.83. The van der Waals surface area contributed by atoms with Crippen LogP contribution in [0.4, 0.5) is 4.39 Å². The Kier molecular flexibility index (Phi) is 3.66. The first-order valence-corrected chi connectivity index (χ1v) is 6.30. The van der Waals surface area contributed by atoms with Crippen LogP contribution in [0.5, 0.6) is 0 Å². The maximum Gasteiger partial charge on any atom is 0.251 e. The molecule has 98 valence electrons. The summed E-state index contributed by atoms with van der Waals surface area (Å²) < 4.78 is 13.0. The van der Waals surface area contributed by atoms with Gasteiger partial charge in [0, 0.05) is 11.1 Å². The number of aryl methyl sites for hydroxylation is 1. The molecule has 1 amide bonds. The van der Waals surface area contributed by atoms with Crippen LogP contribution < -0.4 is 10.6 Å². The summed E-state index contributed by atoms with van der Waals surface area (Å²) in [7, 11) is 0. The van der Waals surface area contributed by atoms with Crippen LogP contribution in [0.15, 0.2) is 18.2 Å². The smallest absolute Gasteiger partial charge is 0.251 e. The Hall–Kier alpha value is -1.42. The van der Waals surface area contributed by atoms with Crippen LogP contribution in [0, 0.1) is 12.7 Å². The number of halogens is 1. The standard InChI is InChI=1S/C14H19FN2O/c1-10-9-11(15)3-4-12(10)13(18)17-14(2)5-7-16-8-6-14/h3-4,9,16H,5-8H2,1-2H3,(H,17,18). The fourth-order valence-electron chi connectivity index (χ4n) is 2.33. The summed E-state index contributed by atoms with van der Waals surface area (Å²) in [5.74, 6) is -0.422. The Bertz CT molecular complexity index is 453. The third kappa shape index (κ3) is 2.88. The fraction of sp³-hybridized carbons (Fsp3) is 0.500. The molecule has 2 N–H and O–H groups in total. The summed E-state index contributed by atoms with van der Waals surface area (Å²) in [5.41, 5.74) is 1.06. The van der Waals surface area contributed by atoms with E-state index in [2.05, 4.69) is 17.6 Å². The lowest BCUT2D eigenvalue weighted by Gasteiger charge is -2.35. The van der Waals surface area contributed by atoms with E-state index >= 15 is 0 Å². The minimum atomic E-state index is -0.308. The molecule has 0 aromatic heterocycles. The molecule has 0 radical (unpaired) electrons. The van der Waals surface area contributed by atoms with Gasteiger partial charge in [0.1, 0.15) is 5.82 Å². The molecule has 3 nitrogen and oxygen atoms in total. The highest BCUT2D eigenvalue weighted by molar-refractivity contribution is 5.96. The molecule has 0 bridgehead atoms. The van der Waals surface area contributed by atoms with Crippen LogP contribution >= 0.6 is 0 Å². The van der Waals surface area contributed by atoms with E-state index in [0.29, 0.717) is 11.1 Å².